The van der Waals surface area contributed by atoms with E-state index in [-0.39, 0.29) is 12.2 Å². The third-order valence-corrected chi connectivity index (χ3v) is 1.78. The van der Waals surface area contributed by atoms with Crippen molar-refractivity contribution in [3.63, 3.8) is 0 Å². The smallest absolute Gasteiger partial charge is 0.307 e. The van der Waals surface area contributed by atoms with Gasteiger partial charge in [-0.05, 0) is 30.7 Å². The van der Waals surface area contributed by atoms with Crippen molar-refractivity contribution in [2.24, 2.45) is 0 Å². The lowest BCUT2D eigenvalue weighted by Crippen LogP contribution is -2.03. The van der Waals surface area contributed by atoms with Gasteiger partial charge in [-0.25, -0.2) is 0 Å². The van der Waals surface area contributed by atoms with Gasteiger partial charge >= 0.3 is 5.97 Å². The number of aliphatic carboxylic acids is 1. The summed E-state index contributed by atoms with van der Waals surface area (Å²) in [5.74, 6) is -1.06. The molecule has 1 aromatic carbocycles. The highest BCUT2D eigenvalue weighted by Crippen LogP contribution is 2.13. The molecule has 0 radical (unpaired) electrons. The van der Waals surface area contributed by atoms with Crippen molar-refractivity contribution >= 4 is 17.4 Å². The molecule has 1 rings (SSSR count). The number of anilines is 1. The molecule has 0 unspecified atom stereocenters. The van der Waals surface area contributed by atoms with Crippen LogP contribution in [-0.2, 0) is 11.2 Å². The number of nitrogen functional groups attached to an aromatic ring is 1. The van der Waals surface area contributed by atoms with Crippen LogP contribution in [0.25, 0.3) is 0 Å². The Morgan fingerprint density at radius 2 is 2.00 bits per heavy atom. The Morgan fingerprint density at radius 1 is 1.36 bits per heavy atom. The van der Waals surface area contributed by atoms with Crippen molar-refractivity contribution in [2.45, 2.75) is 13.3 Å². The number of hydrogen-bond donors (Lipinski definition) is 2. The molecule has 1 aromatic rings. The number of carboxylic acid groups (broad SMARTS) is 1. The van der Waals surface area contributed by atoms with Crippen LogP contribution in [0.5, 0.6) is 0 Å². The highest BCUT2D eigenvalue weighted by Gasteiger charge is 2.05. The van der Waals surface area contributed by atoms with Crippen LogP contribution in [0.4, 0.5) is 5.69 Å². The van der Waals surface area contributed by atoms with E-state index < -0.39 is 5.97 Å². The molecule has 0 saturated heterocycles. The number of carboxylic acids is 1. The van der Waals surface area contributed by atoms with Crippen molar-refractivity contribution in [3.8, 4) is 0 Å². The lowest BCUT2D eigenvalue weighted by molar-refractivity contribution is -0.136. The molecular weight excluding hydrogens is 182 g/mol. The Labute approximate surface area is 81.3 Å². The van der Waals surface area contributed by atoms with Crippen LogP contribution in [0.1, 0.15) is 22.8 Å². The molecule has 0 heterocycles. The van der Waals surface area contributed by atoms with Crippen LogP contribution in [-0.4, -0.2) is 16.9 Å². The number of rotatable bonds is 3. The van der Waals surface area contributed by atoms with Crippen LogP contribution in [0.3, 0.4) is 0 Å². The summed E-state index contributed by atoms with van der Waals surface area (Å²) in [4.78, 5) is 21.5. The first-order chi connectivity index (χ1) is 6.49. The van der Waals surface area contributed by atoms with E-state index in [0.717, 1.165) is 0 Å². The first-order valence-electron chi connectivity index (χ1n) is 4.11. The molecule has 0 aliphatic rings. The van der Waals surface area contributed by atoms with Gasteiger partial charge in [0.15, 0.2) is 5.78 Å². The van der Waals surface area contributed by atoms with Gasteiger partial charge in [0.05, 0.1) is 6.42 Å². The summed E-state index contributed by atoms with van der Waals surface area (Å²) in [6.45, 7) is 1.42. The summed E-state index contributed by atoms with van der Waals surface area (Å²) in [6, 6.07) is 4.64. The predicted molar refractivity (Wildman–Crippen MR) is 52.2 cm³/mol. The van der Waals surface area contributed by atoms with Gasteiger partial charge in [0.2, 0.25) is 0 Å². The second-order valence-electron chi connectivity index (χ2n) is 3.09. The Balaban J connectivity index is 3.07. The van der Waals surface area contributed by atoms with Crippen molar-refractivity contribution in [3.05, 3.63) is 29.3 Å². The molecule has 0 fully saturated rings. The van der Waals surface area contributed by atoms with E-state index in [4.69, 9.17) is 10.8 Å². The summed E-state index contributed by atoms with van der Waals surface area (Å²) in [5.41, 5.74) is 6.93. The molecule has 0 aromatic heterocycles. The zero-order valence-corrected chi connectivity index (χ0v) is 7.78. The molecule has 0 spiro atoms. The van der Waals surface area contributed by atoms with Gasteiger partial charge in [0.25, 0.3) is 0 Å². The van der Waals surface area contributed by atoms with Crippen LogP contribution in [0.2, 0.25) is 0 Å². The summed E-state index contributed by atoms with van der Waals surface area (Å²) in [5, 5.41) is 8.56. The molecule has 0 aliphatic carbocycles. The molecule has 0 bridgehead atoms. The van der Waals surface area contributed by atoms with Crippen LogP contribution in [0.15, 0.2) is 18.2 Å². The number of carbonyl (C=O) groups is 2. The molecule has 4 heteroatoms. The van der Waals surface area contributed by atoms with Gasteiger partial charge in [-0.1, -0.05) is 0 Å². The number of nitrogens with two attached hydrogens (primary N) is 1. The minimum Gasteiger partial charge on any atom is -0.481 e. The molecule has 0 amide bonds. The largest absolute Gasteiger partial charge is 0.481 e. The Kier molecular flexibility index (Phi) is 2.86. The van der Waals surface area contributed by atoms with Crippen molar-refractivity contribution in [1.82, 2.24) is 0 Å². The van der Waals surface area contributed by atoms with Gasteiger partial charge in [0.1, 0.15) is 0 Å². The normalized spacial score (nSPS) is 9.79. The van der Waals surface area contributed by atoms with Crippen LogP contribution < -0.4 is 5.73 Å². The molecule has 0 aliphatic heterocycles. The zero-order chi connectivity index (χ0) is 10.7. The van der Waals surface area contributed by atoms with Crippen molar-refractivity contribution in [1.29, 1.82) is 0 Å². The van der Waals surface area contributed by atoms with Crippen LogP contribution in [0, 0.1) is 0 Å². The van der Waals surface area contributed by atoms with Crippen molar-refractivity contribution < 1.29 is 14.7 Å². The Hall–Kier alpha value is -1.84. The summed E-state index contributed by atoms with van der Waals surface area (Å²) in [7, 11) is 0. The highest BCUT2D eigenvalue weighted by atomic mass is 16.4. The average molecular weight is 193 g/mol. The van der Waals surface area contributed by atoms with Crippen LogP contribution >= 0.6 is 0 Å². The van der Waals surface area contributed by atoms with E-state index in [1.165, 1.54) is 13.0 Å². The lowest BCUT2D eigenvalue weighted by atomic mass is 10.0. The number of Topliss-reactive ketones (excluding diaryl/α,β-unsaturated/α-hetero) is 1. The minimum atomic E-state index is -0.940. The molecule has 0 atom stereocenters. The van der Waals surface area contributed by atoms with E-state index >= 15 is 0 Å². The highest BCUT2D eigenvalue weighted by molar-refractivity contribution is 5.95. The predicted octanol–water partition coefficient (Wildman–Crippen LogP) is 1.10. The fourth-order valence-electron chi connectivity index (χ4n) is 1.20. The monoisotopic (exact) mass is 193 g/mol. The quantitative estimate of drug-likeness (QED) is 0.556. The number of hydrogen-bond acceptors (Lipinski definition) is 3. The average Bonchev–Trinajstić information content (AvgIpc) is 2.01. The third kappa shape index (κ3) is 2.58. The minimum absolute atomic E-state index is 0.120. The second kappa shape index (κ2) is 3.91. The SMILES string of the molecule is CC(=O)c1cc(N)cc(CC(=O)O)c1. The summed E-state index contributed by atoms with van der Waals surface area (Å²) in [6.07, 6.45) is -0.120. The van der Waals surface area contributed by atoms with E-state index in [1.807, 2.05) is 0 Å². The molecule has 4 nitrogen and oxygen atoms in total. The van der Waals surface area contributed by atoms with E-state index in [1.54, 1.807) is 12.1 Å². The summed E-state index contributed by atoms with van der Waals surface area (Å²) >= 11 is 0. The maximum absolute atomic E-state index is 11.0. The number of ketones is 1. The number of benzene rings is 1. The fourth-order valence-corrected chi connectivity index (χ4v) is 1.20. The fraction of sp³-hybridized carbons (Fsp3) is 0.200. The summed E-state index contributed by atoms with van der Waals surface area (Å²) < 4.78 is 0. The second-order valence-corrected chi connectivity index (χ2v) is 3.09. The maximum atomic E-state index is 11.0. The topological polar surface area (TPSA) is 80.4 Å². The standard InChI is InChI=1S/C10H11NO3/c1-6(12)8-2-7(4-10(13)14)3-9(11)5-8/h2-3,5H,4,11H2,1H3,(H,13,14). The van der Waals surface area contributed by atoms with E-state index in [2.05, 4.69) is 0 Å². The third-order valence-electron chi connectivity index (χ3n) is 1.78. The van der Waals surface area contributed by atoms with Gasteiger partial charge in [0, 0.05) is 11.3 Å². The Bertz CT molecular complexity index is 385. The first-order valence-corrected chi connectivity index (χ1v) is 4.11. The van der Waals surface area contributed by atoms with Gasteiger partial charge in [-0.3, -0.25) is 9.59 Å². The molecule has 74 valence electrons. The van der Waals surface area contributed by atoms with Gasteiger partial charge in [-0.2, -0.15) is 0 Å². The Morgan fingerprint density at radius 3 is 2.50 bits per heavy atom. The van der Waals surface area contributed by atoms with Crippen molar-refractivity contribution in [2.75, 3.05) is 5.73 Å². The van der Waals surface area contributed by atoms with E-state index in [0.29, 0.717) is 16.8 Å². The maximum Gasteiger partial charge on any atom is 0.307 e. The lowest BCUT2D eigenvalue weighted by Gasteiger charge is -2.02. The molecule has 14 heavy (non-hydrogen) atoms. The van der Waals surface area contributed by atoms with Gasteiger partial charge < -0.3 is 10.8 Å². The molecular formula is C10H11NO3. The zero-order valence-electron chi connectivity index (χ0n) is 7.78. The van der Waals surface area contributed by atoms with E-state index in [9.17, 15) is 9.59 Å². The molecule has 0 saturated carbocycles. The first kappa shape index (κ1) is 10.2. The number of carbonyl (C=O) groups excluding carboxylic acids is 1. The molecule has 3 N–H and O–H groups in total. The van der Waals surface area contributed by atoms with Gasteiger partial charge in [-0.15, -0.1) is 0 Å².